The zero-order valence-corrected chi connectivity index (χ0v) is 17.0. The molecule has 0 radical (unpaired) electrons. The van der Waals surface area contributed by atoms with Gasteiger partial charge < -0.3 is 10.1 Å². The normalized spacial score (nSPS) is 15.6. The van der Waals surface area contributed by atoms with E-state index >= 15 is 0 Å². The predicted molar refractivity (Wildman–Crippen MR) is 110 cm³/mol. The first-order valence-corrected chi connectivity index (χ1v) is 10.1. The summed E-state index contributed by atoms with van der Waals surface area (Å²) in [5.41, 5.74) is 6.51. The van der Waals surface area contributed by atoms with Gasteiger partial charge in [0.2, 0.25) is 0 Å². The van der Waals surface area contributed by atoms with E-state index in [-0.39, 0.29) is 11.9 Å². The van der Waals surface area contributed by atoms with Crippen LogP contribution in [-0.4, -0.2) is 12.0 Å². The van der Waals surface area contributed by atoms with Gasteiger partial charge in [0.25, 0.3) is 5.91 Å². The highest BCUT2D eigenvalue weighted by Gasteiger charge is 2.20. The van der Waals surface area contributed by atoms with Crippen molar-refractivity contribution in [3.05, 3.63) is 64.2 Å². The van der Waals surface area contributed by atoms with Crippen LogP contribution in [0.15, 0.2) is 36.4 Å². The molecular formula is C24H31NO2. The smallest absolute Gasteiger partial charge is 0.261 e. The average molecular weight is 366 g/mol. The van der Waals surface area contributed by atoms with Crippen molar-refractivity contribution in [2.45, 2.75) is 71.9 Å². The third-order valence-corrected chi connectivity index (χ3v) is 5.66. The maximum Gasteiger partial charge on any atom is 0.261 e. The van der Waals surface area contributed by atoms with Crippen LogP contribution in [0.4, 0.5) is 0 Å². The molecule has 0 bridgehead atoms. The van der Waals surface area contributed by atoms with E-state index in [9.17, 15) is 4.79 Å². The van der Waals surface area contributed by atoms with Crippen molar-refractivity contribution in [2.24, 2.45) is 0 Å². The van der Waals surface area contributed by atoms with E-state index in [0.29, 0.717) is 0 Å². The molecule has 3 rings (SSSR count). The van der Waals surface area contributed by atoms with Gasteiger partial charge in [-0.25, -0.2) is 0 Å². The number of carbonyl (C=O) groups is 1. The van der Waals surface area contributed by atoms with Gasteiger partial charge in [0, 0.05) is 0 Å². The highest BCUT2D eigenvalue weighted by molar-refractivity contribution is 5.81. The molecular weight excluding hydrogens is 334 g/mol. The van der Waals surface area contributed by atoms with Gasteiger partial charge in [-0.1, -0.05) is 31.2 Å². The molecule has 3 nitrogen and oxygen atoms in total. The van der Waals surface area contributed by atoms with Crippen molar-refractivity contribution in [1.82, 2.24) is 5.32 Å². The number of amides is 1. The lowest BCUT2D eigenvalue weighted by atomic mass is 9.89. The van der Waals surface area contributed by atoms with E-state index in [2.05, 4.69) is 44.3 Å². The Bertz CT molecular complexity index is 812. The van der Waals surface area contributed by atoms with Crippen LogP contribution in [0.25, 0.3) is 0 Å². The molecule has 2 atom stereocenters. The Morgan fingerprint density at radius 1 is 1.04 bits per heavy atom. The quantitative estimate of drug-likeness (QED) is 0.762. The van der Waals surface area contributed by atoms with E-state index in [1.54, 1.807) is 0 Å². The Balaban J connectivity index is 1.66. The first-order chi connectivity index (χ1) is 13.0. The summed E-state index contributed by atoms with van der Waals surface area (Å²) in [5.74, 6) is 0.667. The van der Waals surface area contributed by atoms with Gasteiger partial charge in [0.1, 0.15) is 5.75 Å². The molecule has 0 fully saturated rings. The minimum Gasteiger partial charge on any atom is -0.481 e. The van der Waals surface area contributed by atoms with Crippen molar-refractivity contribution in [3.63, 3.8) is 0 Å². The molecule has 0 spiro atoms. The molecule has 27 heavy (non-hydrogen) atoms. The second-order valence-electron chi connectivity index (χ2n) is 7.71. The van der Waals surface area contributed by atoms with Gasteiger partial charge in [-0.2, -0.15) is 0 Å². The molecule has 1 amide bonds. The highest BCUT2D eigenvalue weighted by Crippen LogP contribution is 2.26. The number of aryl methyl sites for hydroxylation is 4. The summed E-state index contributed by atoms with van der Waals surface area (Å²) in [6, 6.07) is 12.7. The molecule has 0 saturated carbocycles. The number of rotatable bonds is 6. The second kappa shape index (κ2) is 8.60. The van der Waals surface area contributed by atoms with Gasteiger partial charge in [0.05, 0.1) is 6.04 Å². The Labute approximate surface area is 163 Å². The van der Waals surface area contributed by atoms with Crippen molar-refractivity contribution >= 4 is 5.91 Å². The van der Waals surface area contributed by atoms with Crippen LogP contribution in [-0.2, 0) is 17.6 Å². The van der Waals surface area contributed by atoms with Crippen LogP contribution in [0.1, 0.15) is 67.0 Å². The lowest BCUT2D eigenvalue weighted by Crippen LogP contribution is -2.38. The zero-order valence-electron chi connectivity index (χ0n) is 17.0. The zero-order chi connectivity index (χ0) is 19.4. The number of fused-ring (bicyclic) bond motifs is 1. The molecule has 0 saturated heterocycles. The summed E-state index contributed by atoms with van der Waals surface area (Å²) in [4.78, 5) is 12.7. The summed E-state index contributed by atoms with van der Waals surface area (Å²) in [6.07, 6.45) is 5.22. The Morgan fingerprint density at radius 3 is 2.48 bits per heavy atom. The third-order valence-electron chi connectivity index (χ3n) is 5.66. The number of hydrogen-bond donors (Lipinski definition) is 1. The summed E-state index contributed by atoms with van der Waals surface area (Å²) in [6.45, 7) is 8.04. The topological polar surface area (TPSA) is 38.3 Å². The van der Waals surface area contributed by atoms with E-state index < -0.39 is 6.10 Å². The summed E-state index contributed by atoms with van der Waals surface area (Å²) < 4.78 is 5.87. The van der Waals surface area contributed by atoms with Crippen molar-refractivity contribution in [1.29, 1.82) is 0 Å². The van der Waals surface area contributed by atoms with Gasteiger partial charge in [-0.05, 0) is 92.8 Å². The average Bonchev–Trinajstić information content (AvgIpc) is 2.68. The van der Waals surface area contributed by atoms with Gasteiger partial charge in [-0.15, -0.1) is 0 Å². The standard InChI is InChI=1S/C24H31NO2/c1-5-23(21-12-11-19-8-6-7-9-20(19)15-21)25-24(26)18(4)27-22-13-10-16(2)17(3)14-22/h10-15,18,23H,5-9H2,1-4H3,(H,25,26)/t18-,23+/m1/s1. The summed E-state index contributed by atoms with van der Waals surface area (Å²) in [5, 5.41) is 3.17. The monoisotopic (exact) mass is 365 g/mol. The van der Waals surface area contributed by atoms with Gasteiger partial charge in [0.15, 0.2) is 6.10 Å². The van der Waals surface area contributed by atoms with Gasteiger partial charge in [-0.3, -0.25) is 4.79 Å². The largest absolute Gasteiger partial charge is 0.481 e. The maximum atomic E-state index is 12.7. The SMILES string of the molecule is CC[C@H](NC(=O)[C@@H](C)Oc1ccc(C)c(C)c1)c1ccc2c(c1)CCCC2. The maximum absolute atomic E-state index is 12.7. The fourth-order valence-electron chi connectivity index (χ4n) is 3.73. The highest BCUT2D eigenvalue weighted by atomic mass is 16.5. The van der Waals surface area contributed by atoms with E-state index in [4.69, 9.17) is 4.74 Å². The lowest BCUT2D eigenvalue weighted by molar-refractivity contribution is -0.128. The van der Waals surface area contributed by atoms with Crippen molar-refractivity contribution < 1.29 is 9.53 Å². The summed E-state index contributed by atoms with van der Waals surface area (Å²) in [7, 11) is 0. The van der Waals surface area contributed by atoms with E-state index in [1.165, 1.54) is 47.1 Å². The first kappa shape index (κ1) is 19.5. The Kier molecular flexibility index (Phi) is 6.20. The lowest BCUT2D eigenvalue weighted by Gasteiger charge is -2.23. The molecule has 0 aromatic heterocycles. The van der Waals surface area contributed by atoms with Crippen LogP contribution in [0.2, 0.25) is 0 Å². The van der Waals surface area contributed by atoms with Crippen LogP contribution in [0, 0.1) is 13.8 Å². The Morgan fingerprint density at radius 2 is 1.78 bits per heavy atom. The number of carbonyl (C=O) groups excluding carboxylic acids is 1. The van der Waals surface area contributed by atoms with E-state index in [1.807, 2.05) is 25.1 Å². The fourth-order valence-corrected chi connectivity index (χ4v) is 3.73. The fraction of sp³-hybridized carbons (Fsp3) is 0.458. The molecule has 144 valence electrons. The first-order valence-electron chi connectivity index (χ1n) is 10.1. The summed E-state index contributed by atoms with van der Waals surface area (Å²) >= 11 is 0. The molecule has 0 unspecified atom stereocenters. The Hall–Kier alpha value is -2.29. The van der Waals surface area contributed by atoms with Crippen molar-refractivity contribution in [2.75, 3.05) is 0 Å². The number of hydrogen-bond acceptors (Lipinski definition) is 2. The minimum absolute atomic E-state index is 0.0236. The molecule has 0 aliphatic heterocycles. The molecule has 2 aromatic rings. The molecule has 3 heteroatoms. The van der Waals surface area contributed by atoms with Crippen LogP contribution >= 0.6 is 0 Å². The molecule has 2 aromatic carbocycles. The van der Waals surface area contributed by atoms with E-state index in [0.717, 1.165) is 18.6 Å². The van der Waals surface area contributed by atoms with Crippen LogP contribution in [0.3, 0.4) is 0 Å². The van der Waals surface area contributed by atoms with Crippen LogP contribution < -0.4 is 10.1 Å². The minimum atomic E-state index is -0.529. The van der Waals surface area contributed by atoms with Gasteiger partial charge >= 0.3 is 0 Å². The number of ether oxygens (including phenoxy) is 1. The predicted octanol–water partition coefficient (Wildman–Crippen LogP) is 5.22. The number of benzene rings is 2. The van der Waals surface area contributed by atoms with Crippen molar-refractivity contribution in [3.8, 4) is 5.75 Å². The number of nitrogens with one attached hydrogen (secondary N) is 1. The molecule has 1 aliphatic carbocycles. The third kappa shape index (κ3) is 4.71. The second-order valence-corrected chi connectivity index (χ2v) is 7.71. The molecule has 1 aliphatic rings. The van der Waals surface area contributed by atoms with Crippen LogP contribution in [0.5, 0.6) is 5.75 Å². The molecule has 0 heterocycles. The molecule has 1 N–H and O–H groups in total.